The Morgan fingerprint density at radius 1 is 1.06 bits per heavy atom. The van der Waals surface area contributed by atoms with Gasteiger partial charge in [0.1, 0.15) is 0 Å². The summed E-state index contributed by atoms with van der Waals surface area (Å²) in [6.07, 6.45) is 3.17. The second kappa shape index (κ2) is 7.27. The van der Waals surface area contributed by atoms with E-state index in [4.69, 9.17) is 0 Å². The second-order valence-electron chi connectivity index (χ2n) is 4.99. The molecule has 0 saturated heterocycles. The molecule has 18 heavy (non-hydrogen) atoms. The first-order valence-corrected chi connectivity index (χ1v) is 7.24. The monoisotopic (exact) mass is 242 g/mol. The van der Waals surface area contributed by atoms with Crippen molar-refractivity contribution in [1.82, 2.24) is 0 Å². The van der Waals surface area contributed by atoms with Crippen molar-refractivity contribution in [3.8, 4) is 11.8 Å². The van der Waals surface area contributed by atoms with Crippen LogP contribution in [0.1, 0.15) is 63.6 Å². The zero-order chi connectivity index (χ0) is 13.5. The minimum Gasteiger partial charge on any atom is -0.103 e. The summed E-state index contributed by atoms with van der Waals surface area (Å²) < 4.78 is 0. The Morgan fingerprint density at radius 3 is 2.33 bits per heavy atom. The van der Waals surface area contributed by atoms with Crippen LogP contribution >= 0.6 is 0 Å². The smallest absolute Gasteiger partial charge is 0.0240 e. The molecule has 2 atom stereocenters. The molecule has 0 spiro atoms. The van der Waals surface area contributed by atoms with Gasteiger partial charge in [0.05, 0.1) is 0 Å². The summed E-state index contributed by atoms with van der Waals surface area (Å²) in [5, 5.41) is 0. The summed E-state index contributed by atoms with van der Waals surface area (Å²) >= 11 is 0. The van der Waals surface area contributed by atoms with Gasteiger partial charge in [0.2, 0.25) is 0 Å². The molecule has 0 nitrogen and oxygen atoms in total. The Labute approximate surface area is 113 Å². The van der Waals surface area contributed by atoms with Crippen molar-refractivity contribution in [2.75, 3.05) is 0 Å². The lowest BCUT2D eigenvalue weighted by molar-refractivity contribution is 0.603. The van der Waals surface area contributed by atoms with Gasteiger partial charge >= 0.3 is 0 Å². The van der Waals surface area contributed by atoms with Gasteiger partial charge in [0.25, 0.3) is 0 Å². The summed E-state index contributed by atoms with van der Waals surface area (Å²) in [4.78, 5) is 0. The molecule has 0 radical (unpaired) electrons. The minimum absolute atomic E-state index is 0.433. The molecule has 0 saturated carbocycles. The summed E-state index contributed by atoms with van der Waals surface area (Å²) in [5.74, 6) is 7.54. The van der Waals surface area contributed by atoms with E-state index < -0.39 is 0 Å². The maximum absolute atomic E-state index is 3.37. The number of benzene rings is 1. The van der Waals surface area contributed by atoms with Gasteiger partial charge in [-0.05, 0) is 35.4 Å². The maximum Gasteiger partial charge on any atom is 0.0240 e. The highest BCUT2D eigenvalue weighted by Gasteiger charge is 2.15. The Morgan fingerprint density at radius 2 is 1.78 bits per heavy atom. The highest BCUT2D eigenvalue weighted by atomic mass is 14.2. The number of hydrogen-bond donors (Lipinski definition) is 0. The van der Waals surface area contributed by atoms with E-state index in [1.54, 1.807) is 0 Å². The molecule has 0 bridgehead atoms. The van der Waals surface area contributed by atoms with Gasteiger partial charge in [-0.2, -0.15) is 0 Å². The van der Waals surface area contributed by atoms with Crippen molar-refractivity contribution in [2.24, 2.45) is 5.92 Å². The van der Waals surface area contributed by atoms with Crippen LogP contribution in [0.3, 0.4) is 0 Å². The lowest BCUT2D eigenvalue weighted by Gasteiger charge is -2.20. The molecule has 2 unspecified atom stereocenters. The van der Waals surface area contributed by atoms with Gasteiger partial charge < -0.3 is 0 Å². The predicted octanol–water partition coefficient (Wildman–Crippen LogP) is 4.96. The van der Waals surface area contributed by atoms with Crippen LogP contribution in [0.4, 0.5) is 0 Å². The summed E-state index contributed by atoms with van der Waals surface area (Å²) in [6, 6.07) is 6.94. The van der Waals surface area contributed by atoms with E-state index in [2.05, 4.69) is 64.7 Å². The highest BCUT2D eigenvalue weighted by molar-refractivity contribution is 5.36. The minimum atomic E-state index is 0.433. The fraction of sp³-hybridized carbons (Fsp3) is 0.556. The van der Waals surface area contributed by atoms with Gasteiger partial charge in [-0.15, -0.1) is 5.92 Å². The third-order valence-corrected chi connectivity index (χ3v) is 3.75. The maximum atomic E-state index is 3.37. The lowest BCUT2D eigenvalue weighted by atomic mass is 9.84. The van der Waals surface area contributed by atoms with Crippen molar-refractivity contribution in [1.29, 1.82) is 0 Å². The summed E-state index contributed by atoms with van der Waals surface area (Å²) in [6.45, 7) is 11.1. The van der Waals surface area contributed by atoms with Crippen LogP contribution in [-0.4, -0.2) is 0 Å². The molecule has 0 amide bonds. The van der Waals surface area contributed by atoms with Gasteiger partial charge in [-0.25, -0.2) is 0 Å². The predicted molar refractivity (Wildman–Crippen MR) is 80.8 cm³/mol. The highest BCUT2D eigenvalue weighted by Crippen LogP contribution is 2.28. The van der Waals surface area contributed by atoms with E-state index in [1.807, 2.05) is 0 Å². The first-order valence-electron chi connectivity index (χ1n) is 7.24. The fourth-order valence-electron chi connectivity index (χ4n) is 2.27. The first kappa shape index (κ1) is 14.8. The van der Waals surface area contributed by atoms with Gasteiger partial charge in [-0.3, -0.25) is 0 Å². The van der Waals surface area contributed by atoms with Crippen molar-refractivity contribution < 1.29 is 0 Å². The van der Waals surface area contributed by atoms with Crippen molar-refractivity contribution >= 4 is 0 Å². The Balaban J connectivity index is 3.05. The lowest BCUT2D eigenvalue weighted by Crippen LogP contribution is -2.07. The Kier molecular flexibility index (Phi) is 5.99. The average Bonchev–Trinajstić information content (AvgIpc) is 2.43. The van der Waals surface area contributed by atoms with Crippen LogP contribution < -0.4 is 0 Å². The van der Waals surface area contributed by atoms with Crippen molar-refractivity contribution in [2.45, 2.75) is 59.8 Å². The standard InChI is InChI=1S/C18H26/c1-6-9-10-14(4)15(5)18-13-16(7-2)11-12-17(18)8-3/h11-15H,6-8H2,1-5H3. The molecule has 0 N–H and O–H groups in total. The summed E-state index contributed by atoms with van der Waals surface area (Å²) in [5.41, 5.74) is 4.41. The molecular formula is C18H26. The van der Waals surface area contributed by atoms with E-state index in [0.29, 0.717) is 11.8 Å². The SMILES string of the molecule is CCC#CC(C)C(C)c1cc(CC)ccc1CC. The largest absolute Gasteiger partial charge is 0.103 e. The third-order valence-electron chi connectivity index (χ3n) is 3.75. The molecular weight excluding hydrogens is 216 g/mol. The Hall–Kier alpha value is -1.22. The van der Waals surface area contributed by atoms with Crippen LogP contribution in [-0.2, 0) is 12.8 Å². The van der Waals surface area contributed by atoms with Crippen molar-refractivity contribution in [3.05, 3.63) is 34.9 Å². The first-order chi connectivity index (χ1) is 8.63. The Bertz CT molecular complexity index is 431. The van der Waals surface area contributed by atoms with Gasteiger partial charge in [0.15, 0.2) is 0 Å². The van der Waals surface area contributed by atoms with E-state index in [9.17, 15) is 0 Å². The number of rotatable bonds is 4. The average molecular weight is 242 g/mol. The number of aryl methyl sites for hydroxylation is 2. The topological polar surface area (TPSA) is 0 Å². The van der Waals surface area contributed by atoms with Gasteiger partial charge in [-0.1, -0.05) is 58.7 Å². The van der Waals surface area contributed by atoms with Crippen LogP contribution in [0.25, 0.3) is 0 Å². The zero-order valence-electron chi connectivity index (χ0n) is 12.5. The molecule has 1 aromatic carbocycles. The van der Waals surface area contributed by atoms with E-state index in [0.717, 1.165) is 19.3 Å². The van der Waals surface area contributed by atoms with Crippen LogP contribution in [0, 0.1) is 17.8 Å². The van der Waals surface area contributed by atoms with Crippen LogP contribution in [0.5, 0.6) is 0 Å². The van der Waals surface area contributed by atoms with Crippen molar-refractivity contribution in [3.63, 3.8) is 0 Å². The molecule has 0 heteroatoms. The molecule has 0 aliphatic rings. The molecule has 0 heterocycles. The molecule has 1 aromatic rings. The molecule has 0 fully saturated rings. The van der Waals surface area contributed by atoms with Gasteiger partial charge in [0, 0.05) is 12.3 Å². The molecule has 1 rings (SSSR count). The molecule has 0 aromatic heterocycles. The molecule has 0 aliphatic carbocycles. The van der Waals surface area contributed by atoms with E-state index >= 15 is 0 Å². The van der Waals surface area contributed by atoms with E-state index in [1.165, 1.54) is 16.7 Å². The normalized spacial score (nSPS) is 13.6. The second-order valence-corrected chi connectivity index (χ2v) is 4.99. The fourth-order valence-corrected chi connectivity index (χ4v) is 2.27. The zero-order valence-corrected chi connectivity index (χ0v) is 12.5. The molecule has 0 aliphatic heterocycles. The summed E-state index contributed by atoms with van der Waals surface area (Å²) in [7, 11) is 0. The van der Waals surface area contributed by atoms with Crippen LogP contribution in [0.15, 0.2) is 18.2 Å². The third kappa shape index (κ3) is 3.64. The number of hydrogen-bond acceptors (Lipinski definition) is 0. The van der Waals surface area contributed by atoms with E-state index in [-0.39, 0.29) is 0 Å². The molecule has 98 valence electrons. The van der Waals surface area contributed by atoms with Crippen LogP contribution in [0.2, 0.25) is 0 Å². The quantitative estimate of drug-likeness (QED) is 0.654.